The van der Waals surface area contributed by atoms with Gasteiger partial charge in [0.2, 0.25) is 5.91 Å². The number of hydrogen-bond acceptors (Lipinski definition) is 2. The zero-order valence-electron chi connectivity index (χ0n) is 12.6. The number of carbonyl (C=O) groups excluding carboxylic acids is 1. The van der Waals surface area contributed by atoms with Crippen LogP contribution in [0.5, 0.6) is 0 Å². The summed E-state index contributed by atoms with van der Waals surface area (Å²) in [4.78, 5) is 23.1. The number of aryl methyl sites for hydroxylation is 2. The molecule has 1 unspecified atom stereocenters. The van der Waals surface area contributed by atoms with Crippen LogP contribution in [0.15, 0.2) is 24.3 Å². The van der Waals surface area contributed by atoms with E-state index in [-0.39, 0.29) is 5.91 Å². The van der Waals surface area contributed by atoms with Gasteiger partial charge in [0.15, 0.2) is 0 Å². The minimum atomic E-state index is -0.999. The first-order chi connectivity index (χ1) is 9.20. The molecule has 1 atom stereocenters. The lowest BCUT2D eigenvalue weighted by Gasteiger charge is -2.27. The average Bonchev–Trinajstić information content (AvgIpc) is 2.31. The predicted octanol–water partition coefficient (Wildman–Crippen LogP) is 2.54. The van der Waals surface area contributed by atoms with Gasteiger partial charge in [0, 0.05) is 6.42 Å². The quantitative estimate of drug-likeness (QED) is 0.869. The van der Waals surface area contributed by atoms with Crippen LogP contribution in [-0.4, -0.2) is 23.0 Å². The Morgan fingerprint density at radius 2 is 1.95 bits per heavy atom. The van der Waals surface area contributed by atoms with Gasteiger partial charge in [-0.2, -0.15) is 0 Å². The van der Waals surface area contributed by atoms with Crippen LogP contribution in [0.3, 0.4) is 0 Å². The summed E-state index contributed by atoms with van der Waals surface area (Å²) in [5, 5.41) is 11.8. The van der Waals surface area contributed by atoms with E-state index in [0.717, 1.165) is 11.1 Å². The number of benzene rings is 1. The predicted molar refractivity (Wildman–Crippen MR) is 78.5 cm³/mol. The standard InChI is InChI=1S/C16H23NO3/c1-11-6-5-7-12(10-11)8-9-13(18)17-14(15(19)20)16(2,3)4/h5-7,10,14H,8-9H2,1-4H3,(H,17,18)(H,19,20). The molecule has 2 N–H and O–H groups in total. The van der Waals surface area contributed by atoms with Crippen LogP contribution in [0, 0.1) is 12.3 Å². The summed E-state index contributed by atoms with van der Waals surface area (Å²) in [6.07, 6.45) is 0.910. The van der Waals surface area contributed by atoms with Gasteiger partial charge in [-0.15, -0.1) is 0 Å². The second-order valence-electron chi connectivity index (χ2n) is 6.19. The molecule has 4 heteroatoms. The van der Waals surface area contributed by atoms with E-state index in [1.807, 2.05) is 31.2 Å². The molecule has 0 aromatic heterocycles. The lowest BCUT2D eigenvalue weighted by atomic mass is 9.86. The number of carboxylic acid groups (broad SMARTS) is 1. The first-order valence-electron chi connectivity index (χ1n) is 6.78. The van der Waals surface area contributed by atoms with Crippen molar-refractivity contribution >= 4 is 11.9 Å². The number of hydrogen-bond donors (Lipinski definition) is 2. The number of amides is 1. The molecule has 0 aliphatic heterocycles. The first kappa shape index (κ1) is 16.2. The van der Waals surface area contributed by atoms with Crippen LogP contribution >= 0.6 is 0 Å². The van der Waals surface area contributed by atoms with Gasteiger partial charge < -0.3 is 10.4 Å². The van der Waals surface area contributed by atoms with E-state index < -0.39 is 17.4 Å². The molecule has 1 rings (SSSR count). The second-order valence-corrected chi connectivity index (χ2v) is 6.19. The Kier molecular flexibility index (Phi) is 5.31. The SMILES string of the molecule is Cc1cccc(CCC(=O)NC(C(=O)O)C(C)(C)C)c1. The number of carboxylic acids is 1. The Morgan fingerprint density at radius 3 is 2.45 bits per heavy atom. The van der Waals surface area contributed by atoms with Gasteiger partial charge in [-0.1, -0.05) is 50.6 Å². The van der Waals surface area contributed by atoms with Gasteiger partial charge in [-0.3, -0.25) is 4.79 Å². The van der Waals surface area contributed by atoms with Crippen molar-refractivity contribution in [3.8, 4) is 0 Å². The summed E-state index contributed by atoms with van der Waals surface area (Å²) in [7, 11) is 0. The zero-order chi connectivity index (χ0) is 15.3. The third kappa shape index (κ3) is 5.03. The topological polar surface area (TPSA) is 66.4 Å². The molecule has 0 aliphatic rings. The van der Waals surface area contributed by atoms with Crippen LogP contribution in [0.2, 0.25) is 0 Å². The van der Waals surface area contributed by atoms with Crippen LogP contribution in [0.1, 0.15) is 38.3 Å². The second kappa shape index (κ2) is 6.55. The van der Waals surface area contributed by atoms with Gasteiger partial charge >= 0.3 is 5.97 Å². The average molecular weight is 277 g/mol. The maximum atomic E-state index is 11.9. The lowest BCUT2D eigenvalue weighted by molar-refractivity contribution is -0.144. The summed E-state index contributed by atoms with van der Waals surface area (Å²) >= 11 is 0. The van der Waals surface area contributed by atoms with Crippen LogP contribution < -0.4 is 5.32 Å². The van der Waals surface area contributed by atoms with E-state index in [0.29, 0.717) is 12.8 Å². The molecule has 110 valence electrons. The molecule has 0 fully saturated rings. The number of nitrogens with one attached hydrogen (secondary N) is 1. The summed E-state index contributed by atoms with van der Waals surface area (Å²) in [6.45, 7) is 7.40. The van der Waals surface area contributed by atoms with Crippen LogP contribution in [0.25, 0.3) is 0 Å². The molecule has 0 spiro atoms. The largest absolute Gasteiger partial charge is 0.480 e. The summed E-state index contributed by atoms with van der Waals surface area (Å²) in [5.41, 5.74) is 1.73. The van der Waals surface area contributed by atoms with Crippen molar-refractivity contribution in [1.82, 2.24) is 5.32 Å². The summed E-state index contributed by atoms with van der Waals surface area (Å²) in [5.74, 6) is -1.23. The van der Waals surface area contributed by atoms with Crippen molar-refractivity contribution in [1.29, 1.82) is 0 Å². The Bertz CT molecular complexity index is 489. The fourth-order valence-electron chi connectivity index (χ4n) is 2.01. The van der Waals surface area contributed by atoms with Crippen molar-refractivity contribution in [3.05, 3.63) is 35.4 Å². The minimum absolute atomic E-state index is 0.228. The molecule has 0 bridgehead atoms. The van der Waals surface area contributed by atoms with Crippen molar-refractivity contribution < 1.29 is 14.7 Å². The molecule has 0 heterocycles. The summed E-state index contributed by atoms with van der Waals surface area (Å²) in [6, 6.07) is 7.10. The molecular weight excluding hydrogens is 254 g/mol. The third-order valence-electron chi connectivity index (χ3n) is 3.14. The number of carbonyl (C=O) groups is 2. The van der Waals surface area contributed by atoms with Gasteiger partial charge in [-0.05, 0) is 24.3 Å². The molecule has 1 aromatic carbocycles. The van der Waals surface area contributed by atoms with Gasteiger partial charge in [0.05, 0.1) is 0 Å². The van der Waals surface area contributed by atoms with E-state index in [9.17, 15) is 9.59 Å². The van der Waals surface area contributed by atoms with Gasteiger partial charge in [0.1, 0.15) is 6.04 Å². The third-order valence-corrected chi connectivity index (χ3v) is 3.14. The molecule has 0 saturated heterocycles. The normalized spacial score (nSPS) is 12.8. The van der Waals surface area contributed by atoms with Crippen LogP contribution in [0.4, 0.5) is 0 Å². The van der Waals surface area contributed by atoms with E-state index in [4.69, 9.17) is 5.11 Å². The Hall–Kier alpha value is -1.84. The van der Waals surface area contributed by atoms with E-state index in [2.05, 4.69) is 5.32 Å². The Balaban J connectivity index is 2.57. The van der Waals surface area contributed by atoms with Gasteiger partial charge in [0.25, 0.3) is 0 Å². The summed E-state index contributed by atoms with van der Waals surface area (Å²) < 4.78 is 0. The number of aliphatic carboxylic acids is 1. The van der Waals surface area contributed by atoms with E-state index in [1.165, 1.54) is 0 Å². The molecule has 4 nitrogen and oxygen atoms in total. The monoisotopic (exact) mass is 277 g/mol. The fourth-order valence-corrected chi connectivity index (χ4v) is 2.01. The van der Waals surface area contributed by atoms with Crippen molar-refractivity contribution in [2.24, 2.45) is 5.41 Å². The highest BCUT2D eigenvalue weighted by atomic mass is 16.4. The molecule has 0 radical (unpaired) electrons. The molecule has 0 saturated carbocycles. The lowest BCUT2D eigenvalue weighted by Crippen LogP contribution is -2.49. The number of rotatable bonds is 5. The fraction of sp³-hybridized carbons (Fsp3) is 0.500. The van der Waals surface area contributed by atoms with E-state index >= 15 is 0 Å². The molecule has 20 heavy (non-hydrogen) atoms. The minimum Gasteiger partial charge on any atom is -0.480 e. The smallest absolute Gasteiger partial charge is 0.326 e. The zero-order valence-corrected chi connectivity index (χ0v) is 12.6. The maximum absolute atomic E-state index is 11.9. The first-order valence-corrected chi connectivity index (χ1v) is 6.78. The molecule has 1 aromatic rings. The van der Waals surface area contributed by atoms with Crippen molar-refractivity contribution in [2.45, 2.75) is 46.6 Å². The molecule has 0 aliphatic carbocycles. The van der Waals surface area contributed by atoms with Gasteiger partial charge in [-0.25, -0.2) is 4.79 Å². The van der Waals surface area contributed by atoms with Crippen molar-refractivity contribution in [2.75, 3.05) is 0 Å². The van der Waals surface area contributed by atoms with E-state index in [1.54, 1.807) is 20.8 Å². The highest BCUT2D eigenvalue weighted by Crippen LogP contribution is 2.19. The van der Waals surface area contributed by atoms with Crippen molar-refractivity contribution in [3.63, 3.8) is 0 Å². The Morgan fingerprint density at radius 1 is 1.30 bits per heavy atom. The maximum Gasteiger partial charge on any atom is 0.326 e. The van der Waals surface area contributed by atoms with Crippen LogP contribution in [-0.2, 0) is 16.0 Å². The highest BCUT2D eigenvalue weighted by molar-refractivity contribution is 5.84. The Labute approximate surface area is 120 Å². The molecule has 1 amide bonds. The highest BCUT2D eigenvalue weighted by Gasteiger charge is 2.32. The molecular formula is C16H23NO3.